The Morgan fingerprint density at radius 1 is 0.906 bits per heavy atom. The molecule has 3 aromatic carbocycles. The Kier molecular flexibility index (Phi) is 6.50. The van der Waals surface area contributed by atoms with Gasteiger partial charge in [0, 0.05) is 25.2 Å². The van der Waals surface area contributed by atoms with E-state index in [1.807, 2.05) is 54.6 Å². The maximum absolute atomic E-state index is 13.4. The molecule has 3 aromatic rings. The highest BCUT2D eigenvalue weighted by molar-refractivity contribution is 6.08. The first kappa shape index (κ1) is 21.6. The van der Waals surface area contributed by atoms with Gasteiger partial charge in [0.1, 0.15) is 6.04 Å². The van der Waals surface area contributed by atoms with Crippen LogP contribution in [0.5, 0.6) is 0 Å². The Labute approximate surface area is 187 Å². The van der Waals surface area contributed by atoms with Gasteiger partial charge in [-0.1, -0.05) is 66.7 Å². The van der Waals surface area contributed by atoms with Gasteiger partial charge in [0.15, 0.2) is 0 Å². The third-order valence-corrected chi connectivity index (χ3v) is 5.97. The smallest absolute Gasteiger partial charge is 0.305 e. The number of aryl methyl sites for hydroxylation is 1. The van der Waals surface area contributed by atoms with Crippen LogP contribution in [0.25, 0.3) is 10.8 Å². The van der Waals surface area contributed by atoms with Crippen molar-refractivity contribution in [2.24, 2.45) is 0 Å². The van der Waals surface area contributed by atoms with Crippen LogP contribution in [-0.2, 0) is 16.0 Å². The number of fused-ring (bicyclic) bond motifs is 1. The van der Waals surface area contributed by atoms with Crippen LogP contribution < -0.4 is 0 Å². The standard InChI is InChI=1S/C26H26N2O4/c29-24(30)18-23-26(32)27(15-7-10-19-8-2-1-3-9-19)16-17-28(23)25(31)22-14-6-12-20-11-4-5-13-21(20)22/h1-6,8-9,11-14,23H,7,10,15-18H2,(H,29,30). The van der Waals surface area contributed by atoms with Gasteiger partial charge >= 0.3 is 5.97 Å². The monoisotopic (exact) mass is 430 g/mol. The number of nitrogens with zero attached hydrogens (tertiary/aromatic N) is 2. The van der Waals surface area contributed by atoms with Crippen LogP contribution in [0.15, 0.2) is 72.8 Å². The Bertz CT molecular complexity index is 1120. The number of hydrogen-bond acceptors (Lipinski definition) is 3. The topological polar surface area (TPSA) is 77.9 Å². The van der Waals surface area contributed by atoms with Crippen molar-refractivity contribution in [3.05, 3.63) is 83.9 Å². The van der Waals surface area contributed by atoms with E-state index in [0.29, 0.717) is 25.2 Å². The molecule has 1 saturated heterocycles. The van der Waals surface area contributed by atoms with Crippen molar-refractivity contribution in [3.8, 4) is 0 Å². The van der Waals surface area contributed by atoms with E-state index >= 15 is 0 Å². The van der Waals surface area contributed by atoms with E-state index in [-0.39, 0.29) is 11.8 Å². The summed E-state index contributed by atoms with van der Waals surface area (Å²) in [7, 11) is 0. The SMILES string of the molecule is O=C(O)CC1C(=O)N(CCCc2ccccc2)CCN1C(=O)c1cccc2ccccc12. The molecule has 1 unspecified atom stereocenters. The molecule has 0 saturated carbocycles. The van der Waals surface area contributed by atoms with Crippen molar-refractivity contribution < 1.29 is 19.5 Å². The van der Waals surface area contributed by atoms with E-state index in [0.717, 1.165) is 23.6 Å². The largest absolute Gasteiger partial charge is 0.481 e. The summed E-state index contributed by atoms with van der Waals surface area (Å²) in [5, 5.41) is 11.2. The molecule has 1 fully saturated rings. The van der Waals surface area contributed by atoms with Gasteiger partial charge in [0.25, 0.3) is 5.91 Å². The first-order valence-electron chi connectivity index (χ1n) is 10.9. The first-order valence-corrected chi connectivity index (χ1v) is 10.9. The highest BCUT2D eigenvalue weighted by Crippen LogP contribution is 2.24. The zero-order valence-electron chi connectivity index (χ0n) is 17.8. The lowest BCUT2D eigenvalue weighted by Crippen LogP contribution is -2.59. The molecule has 32 heavy (non-hydrogen) atoms. The van der Waals surface area contributed by atoms with Crippen LogP contribution in [-0.4, -0.2) is 58.4 Å². The Hall–Kier alpha value is -3.67. The zero-order chi connectivity index (χ0) is 22.5. The number of benzene rings is 3. The van der Waals surface area contributed by atoms with Crippen molar-refractivity contribution in [1.29, 1.82) is 0 Å². The Morgan fingerprint density at radius 3 is 2.41 bits per heavy atom. The van der Waals surface area contributed by atoms with Crippen LogP contribution >= 0.6 is 0 Å². The molecule has 0 spiro atoms. The molecule has 1 aliphatic rings. The summed E-state index contributed by atoms with van der Waals surface area (Å²) in [5.41, 5.74) is 1.69. The van der Waals surface area contributed by atoms with Gasteiger partial charge in [-0.25, -0.2) is 0 Å². The lowest BCUT2D eigenvalue weighted by Gasteiger charge is -2.40. The second kappa shape index (κ2) is 9.64. The van der Waals surface area contributed by atoms with E-state index in [1.54, 1.807) is 11.0 Å². The molecule has 1 aliphatic heterocycles. The second-order valence-corrected chi connectivity index (χ2v) is 8.05. The highest BCUT2D eigenvalue weighted by atomic mass is 16.4. The molecule has 6 nitrogen and oxygen atoms in total. The van der Waals surface area contributed by atoms with Gasteiger partial charge in [0.2, 0.25) is 5.91 Å². The molecule has 0 radical (unpaired) electrons. The van der Waals surface area contributed by atoms with Crippen LogP contribution in [0.1, 0.15) is 28.8 Å². The van der Waals surface area contributed by atoms with Crippen LogP contribution in [0, 0.1) is 0 Å². The molecule has 2 amide bonds. The highest BCUT2D eigenvalue weighted by Gasteiger charge is 2.39. The minimum Gasteiger partial charge on any atom is -0.481 e. The van der Waals surface area contributed by atoms with Gasteiger partial charge < -0.3 is 14.9 Å². The van der Waals surface area contributed by atoms with Crippen molar-refractivity contribution >= 4 is 28.6 Å². The molecule has 0 aliphatic carbocycles. The minimum absolute atomic E-state index is 0.291. The molecule has 164 valence electrons. The summed E-state index contributed by atoms with van der Waals surface area (Å²) in [6, 6.07) is 22.1. The number of carbonyl (C=O) groups excluding carboxylic acids is 2. The summed E-state index contributed by atoms with van der Waals surface area (Å²) >= 11 is 0. The molecule has 4 rings (SSSR count). The van der Waals surface area contributed by atoms with Gasteiger partial charge in [-0.05, 0) is 35.2 Å². The lowest BCUT2D eigenvalue weighted by molar-refractivity contribution is -0.147. The summed E-state index contributed by atoms with van der Waals surface area (Å²) in [5.74, 6) is -1.68. The van der Waals surface area contributed by atoms with Gasteiger partial charge in [0.05, 0.1) is 6.42 Å². The quantitative estimate of drug-likeness (QED) is 0.621. The second-order valence-electron chi connectivity index (χ2n) is 8.05. The third-order valence-electron chi connectivity index (χ3n) is 5.97. The normalized spacial score (nSPS) is 16.4. The molecule has 1 atom stereocenters. The Morgan fingerprint density at radius 2 is 1.62 bits per heavy atom. The zero-order valence-corrected chi connectivity index (χ0v) is 17.8. The number of aliphatic carboxylic acids is 1. The lowest BCUT2D eigenvalue weighted by atomic mass is 10.0. The summed E-state index contributed by atoms with van der Waals surface area (Å²) < 4.78 is 0. The van der Waals surface area contributed by atoms with Gasteiger partial charge in [-0.2, -0.15) is 0 Å². The van der Waals surface area contributed by atoms with Crippen molar-refractivity contribution in [3.63, 3.8) is 0 Å². The average molecular weight is 431 g/mol. The number of rotatable bonds is 7. The van der Waals surface area contributed by atoms with Crippen molar-refractivity contribution in [1.82, 2.24) is 9.80 Å². The van der Waals surface area contributed by atoms with Crippen molar-refractivity contribution in [2.75, 3.05) is 19.6 Å². The van der Waals surface area contributed by atoms with Crippen LogP contribution in [0.4, 0.5) is 0 Å². The Balaban J connectivity index is 1.51. The fourth-order valence-corrected chi connectivity index (χ4v) is 4.35. The predicted molar refractivity (Wildman–Crippen MR) is 122 cm³/mol. The molecular formula is C26H26N2O4. The van der Waals surface area contributed by atoms with E-state index in [4.69, 9.17) is 0 Å². The fourth-order valence-electron chi connectivity index (χ4n) is 4.35. The first-order chi connectivity index (χ1) is 15.5. The summed E-state index contributed by atoms with van der Waals surface area (Å²) in [6.07, 6.45) is 1.23. The minimum atomic E-state index is -1.09. The maximum Gasteiger partial charge on any atom is 0.305 e. The number of piperazine rings is 1. The fraction of sp³-hybridized carbons (Fsp3) is 0.269. The van der Waals surface area contributed by atoms with Gasteiger partial charge in [-0.3, -0.25) is 14.4 Å². The van der Waals surface area contributed by atoms with E-state index in [9.17, 15) is 19.5 Å². The van der Waals surface area contributed by atoms with Gasteiger partial charge in [-0.15, -0.1) is 0 Å². The van der Waals surface area contributed by atoms with Crippen molar-refractivity contribution in [2.45, 2.75) is 25.3 Å². The van der Waals surface area contributed by atoms with E-state index in [2.05, 4.69) is 12.1 Å². The molecule has 0 bridgehead atoms. The molecule has 1 heterocycles. The average Bonchev–Trinajstić information content (AvgIpc) is 2.81. The molecule has 6 heteroatoms. The number of carbonyl (C=O) groups is 3. The van der Waals surface area contributed by atoms with Crippen LogP contribution in [0.2, 0.25) is 0 Å². The number of amides is 2. The number of carboxylic acids is 1. The number of carboxylic acid groups (broad SMARTS) is 1. The molecule has 0 aromatic heterocycles. The molecular weight excluding hydrogens is 404 g/mol. The van der Waals surface area contributed by atoms with E-state index < -0.39 is 18.4 Å². The summed E-state index contributed by atoms with van der Waals surface area (Å²) in [4.78, 5) is 41.3. The van der Waals surface area contributed by atoms with Crippen LogP contribution in [0.3, 0.4) is 0 Å². The third kappa shape index (κ3) is 4.64. The summed E-state index contributed by atoms with van der Waals surface area (Å²) in [6.45, 7) is 1.26. The molecule has 1 N–H and O–H groups in total. The van der Waals surface area contributed by atoms with E-state index in [1.165, 1.54) is 10.5 Å². The maximum atomic E-state index is 13.4. The predicted octanol–water partition coefficient (Wildman–Crippen LogP) is 3.60. The number of hydrogen-bond donors (Lipinski definition) is 1.